The predicted octanol–water partition coefficient (Wildman–Crippen LogP) is 3.44. The van der Waals surface area contributed by atoms with Crippen LogP contribution in [0.3, 0.4) is 0 Å². The molecule has 25 heavy (non-hydrogen) atoms. The summed E-state index contributed by atoms with van der Waals surface area (Å²) in [6.45, 7) is 0.545. The van der Waals surface area contributed by atoms with E-state index in [1.807, 2.05) is 0 Å². The first-order chi connectivity index (χ1) is 11.7. The molecule has 9 heteroatoms. The average molecular weight is 375 g/mol. The van der Waals surface area contributed by atoms with Gasteiger partial charge in [0.05, 0.1) is 18.1 Å². The van der Waals surface area contributed by atoms with Gasteiger partial charge in [-0.3, -0.25) is 0 Å². The first-order valence-corrected chi connectivity index (χ1v) is 8.69. The molecule has 2 aromatic rings. The Morgan fingerprint density at radius 3 is 2.28 bits per heavy atom. The maximum Gasteiger partial charge on any atom is 0.408 e. The molecule has 0 amide bonds. The molecule has 0 bridgehead atoms. The summed E-state index contributed by atoms with van der Waals surface area (Å²) in [5.41, 5.74) is 1.01. The van der Waals surface area contributed by atoms with E-state index in [2.05, 4.69) is 0 Å². The summed E-state index contributed by atoms with van der Waals surface area (Å²) in [5, 5.41) is 0. The Kier molecular flexibility index (Phi) is 4.56. The molecule has 1 aliphatic heterocycles. The van der Waals surface area contributed by atoms with E-state index in [0.29, 0.717) is 12.2 Å². The van der Waals surface area contributed by atoms with Gasteiger partial charge in [0.25, 0.3) is 0 Å². The number of fused-ring (bicyclic) bond motifs is 1. The molecule has 0 fully saturated rings. The predicted molar refractivity (Wildman–Crippen MR) is 80.5 cm³/mol. The number of halogens is 4. The van der Waals surface area contributed by atoms with E-state index in [9.17, 15) is 26.0 Å². The Labute approximate surface area is 141 Å². The number of hydrogen-bond acceptors (Lipinski definition) is 3. The van der Waals surface area contributed by atoms with Crippen molar-refractivity contribution < 1.29 is 30.7 Å². The molecule has 2 aromatic carbocycles. The SMILES string of the molecule is O=S(=O)(NC(c1ccc(F)cc1)C(F)(F)F)c1ccc2c(c1)COC2. The van der Waals surface area contributed by atoms with Gasteiger partial charge in [-0.2, -0.15) is 17.9 Å². The minimum atomic E-state index is -4.88. The van der Waals surface area contributed by atoms with Crippen LogP contribution in [0.25, 0.3) is 0 Å². The maximum absolute atomic E-state index is 13.3. The van der Waals surface area contributed by atoms with Crippen LogP contribution in [0.1, 0.15) is 22.7 Å². The lowest BCUT2D eigenvalue weighted by molar-refractivity contribution is -0.153. The van der Waals surface area contributed by atoms with Gasteiger partial charge in [-0.15, -0.1) is 0 Å². The van der Waals surface area contributed by atoms with Crippen LogP contribution in [0.4, 0.5) is 17.6 Å². The minimum absolute atomic E-state index is 0.208. The maximum atomic E-state index is 13.3. The lowest BCUT2D eigenvalue weighted by atomic mass is 10.1. The molecule has 1 atom stereocenters. The van der Waals surface area contributed by atoms with Crippen molar-refractivity contribution in [2.45, 2.75) is 30.3 Å². The van der Waals surface area contributed by atoms with Gasteiger partial charge in [-0.1, -0.05) is 18.2 Å². The van der Waals surface area contributed by atoms with Crippen molar-refractivity contribution in [1.29, 1.82) is 0 Å². The number of benzene rings is 2. The summed E-state index contributed by atoms with van der Waals surface area (Å²) in [6, 6.07) is 5.03. The summed E-state index contributed by atoms with van der Waals surface area (Å²) in [7, 11) is -4.44. The quantitative estimate of drug-likeness (QED) is 0.833. The molecule has 0 aliphatic carbocycles. The van der Waals surface area contributed by atoms with Crippen molar-refractivity contribution in [2.75, 3.05) is 0 Å². The van der Waals surface area contributed by atoms with Gasteiger partial charge in [0.2, 0.25) is 10.0 Å². The molecule has 0 radical (unpaired) electrons. The van der Waals surface area contributed by atoms with Crippen molar-refractivity contribution in [3.63, 3.8) is 0 Å². The van der Waals surface area contributed by atoms with E-state index in [-0.39, 0.29) is 11.5 Å². The Morgan fingerprint density at radius 2 is 1.64 bits per heavy atom. The Bertz CT molecular complexity index is 879. The summed E-state index contributed by atoms with van der Waals surface area (Å²) >= 11 is 0. The number of alkyl halides is 3. The standard InChI is InChI=1S/C16H13F4NO3S/c17-13-4-1-10(2-5-13)15(16(18,19)20)21-25(22,23)14-6-3-11-8-24-9-12(11)7-14/h1-7,15,21H,8-9H2. The molecule has 0 aromatic heterocycles. The largest absolute Gasteiger partial charge is 0.408 e. The van der Waals surface area contributed by atoms with Crippen LogP contribution in [0.5, 0.6) is 0 Å². The minimum Gasteiger partial charge on any atom is -0.372 e. The summed E-state index contributed by atoms with van der Waals surface area (Å²) in [5.74, 6) is -0.717. The molecule has 134 valence electrons. The third kappa shape index (κ3) is 3.83. The number of ether oxygens (including phenoxy) is 1. The van der Waals surface area contributed by atoms with E-state index >= 15 is 0 Å². The van der Waals surface area contributed by atoms with Gasteiger partial charge >= 0.3 is 6.18 Å². The third-order valence-corrected chi connectivity index (χ3v) is 5.23. The van der Waals surface area contributed by atoms with Gasteiger partial charge in [-0.05, 0) is 41.0 Å². The molecule has 3 rings (SSSR count). The zero-order valence-corrected chi connectivity index (χ0v) is 13.5. The molecule has 4 nitrogen and oxygen atoms in total. The molecule has 0 spiro atoms. The smallest absolute Gasteiger partial charge is 0.372 e. The molecule has 0 saturated heterocycles. The Hall–Kier alpha value is -1.97. The average Bonchev–Trinajstić information content (AvgIpc) is 3.00. The highest BCUT2D eigenvalue weighted by atomic mass is 32.2. The first-order valence-electron chi connectivity index (χ1n) is 7.21. The van der Waals surface area contributed by atoms with E-state index in [0.717, 1.165) is 29.8 Å². The normalized spacial score (nSPS) is 15.8. The van der Waals surface area contributed by atoms with Gasteiger partial charge in [-0.25, -0.2) is 12.8 Å². The van der Waals surface area contributed by atoms with Crippen LogP contribution in [-0.4, -0.2) is 14.6 Å². The first kappa shape index (κ1) is 17.8. The van der Waals surface area contributed by atoms with E-state index in [4.69, 9.17) is 4.74 Å². The van der Waals surface area contributed by atoms with Crippen LogP contribution in [0, 0.1) is 5.82 Å². The number of hydrogen-bond donors (Lipinski definition) is 1. The fourth-order valence-electron chi connectivity index (χ4n) is 2.52. The lowest BCUT2D eigenvalue weighted by Crippen LogP contribution is -2.38. The number of rotatable bonds is 4. The van der Waals surface area contributed by atoms with Crippen LogP contribution in [0.2, 0.25) is 0 Å². The molecular weight excluding hydrogens is 362 g/mol. The second kappa shape index (κ2) is 6.40. The lowest BCUT2D eigenvalue weighted by Gasteiger charge is -2.22. The molecule has 1 unspecified atom stereocenters. The number of nitrogens with one attached hydrogen (secondary N) is 1. The molecule has 1 heterocycles. The topological polar surface area (TPSA) is 55.4 Å². The highest BCUT2D eigenvalue weighted by Crippen LogP contribution is 2.34. The van der Waals surface area contributed by atoms with Gasteiger partial charge < -0.3 is 4.74 Å². The fourth-order valence-corrected chi connectivity index (χ4v) is 3.78. The van der Waals surface area contributed by atoms with Crippen LogP contribution in [0.15, 0.2) is 47.4 Å². The molecular formula is C16H13F4NO3S. The van der Waals surface area contributed by atoms with Crippen molar-refractivity contribution >= 4 is 10.0 Å². The highest BCUT2D eigenvalue weighted by molar-refractivity contribution is 7.89. The Morgan fingerprint density at radius 1 is 1.00 bits per heavy atom. The Balaban J connectivity index is 1.94. The second-order valence-electron chi connectivity index (χ2n) is 5.57. The zero-order chi connectivity index (χ0) is 18.2. The summed E-state index contributed by atoms with van der Waals surface area (Å²) in [6.07, 6.45) is -4.88. The van der Waals surface area contributed by atoms with Crippen molar-refractivity contribution in [1.82, 2.24) is 4.72 Å². The van der Waals surface area contributed by atoms with Gasteiger partial charge in [0, 0.05) is 0 Å². The third-order valence-electron chi connectivity index (χ3n) is 3.81. The van der Waals surface area contributed by atoms with Gasteiger partial charge in [0.1, 0.15) is 11.9 Å². The van der Waals surface area contributed by atoms with Crippen molar-refractivity contribution in [3.05, 3.63) is 65.0 Å². The zero-order valence-electron chi connectivity index (χ0n) is 12.7. The van der Waals surface area contributed by atoms with Gasteiger partial charge in [0.15, 0.2) is 0 Å². The van der Waals surface area contributed by atoms with Crippen LogP contribution < -0.4 is 4.72 Å². The van der Waals surface area contributed by atoms with E-state index < -0.39 is 33.6 Å². The van der Waals surface area contributed by atoms with Crippen LogP contribution in [-0.2, 0) is 28.0 Å². The van der Waals surface area contributed by atoms with Crippen molar-refractivity contribution in [3.8, 4) is 0 Å². The molecule has 1 aliphatic rings. The van der Waals surface area contributed by atoms with Crippen LogP contribution >= 0.6 is 0 Å². The summed E-state index contributed by atoms with van der Waals surface area (Å²) in [4.78, 5) is -0.284. The monoisotopic (exact) mass is 375 g/mol. The van der Waals surface area contributed by atoms with E-state index in [1.165, 1.54) is 18.2 Å². The highest BCUT2D eigenvalue weighted by Gasteiger charge is 2.43. The second-order valence-corrected chi connectivity index (χ2v) is 7.28. The fraction of sp³-hybridized carbons (Fsp3) is 0.250. The molecule has 0 saturated carbocycles. The molecule has 1 N–H and O–H groups in total. The van der Waals surface area contributed by atoms with E-state index in [1.54, 1.807) is 4.72 Å². The van der Waals surface area contributed by atoms with Crippen molar-refractivity contribution in [2.24, 2.45) is 0 Å². The number of sulfonamides is 1. The summed E-state index contributed by atoms with van der Waals surface area (Å²) < 4.78 is 84.6.